The SMILES string of the molecule is Cc1[nH]ncc1C(=O)N(C)CCCOc1ccccc1. The van der Waals surface area contributed by atoms with Gasteiger partial charge in [0.05, 0.1) is 18.4 Å². The van der Waals surface area contributed by atoms with Gasteiger partial charge in [-0.15, -0.1) is 0 Å². The largest absolute Gasteiger partial charge is 0.494 e. The molecule has 5 heteroatoms. The fourth-order valence-electron chi connectivity index (χ4n) is 1.88. The van der Waals surface area contributed by atoms with Gasteiger partial charge in [0.2, 0.25) is 0 Å². The van der Waals surface area contributed by atoms with Crippen molar-refractivity contribution in [3.8, 4) is 5.75 Å². The molecule has 0 unspecified atom stereocenters. The molecule has 0 fully saturated rings. The molecule has 1 aromatic carbocycles. The van der Waals surface area contributed by atoms with E-state index in [4.69, 9.17) is 4.74 Å². The van der Waals surface area contributed by atoms with Crippen molar-refractivity contribution in [1.29, 1.82) is 0 Å². The molecule has 0 saturated heterocycles. The maximum absolute atomic E-state index is 12.1. The lowest BCUT2D eigenvalue weighted by Crippen LogP contribution is -2.28. The van der Waals surface area contributed by atoms with Crippen molar-refractivity contribution in [1.82, 2.24) is 15.1 Å². The van der Waals surface area contributed by atoms with Gasteiger partial charge in [0.25, 0.3) is 5.91 Å². The number of amides is 1. The van der Waals surface area contributed by atoms with Gasteiger partial charge in [0, 0.05) is 19.3 Å². The number of para-hydroxylation sites is 1. The number of carbonyl (C=O) groups is 1. The van der Waals surface area contributed by atoms with Crippen molar-refractivity contribution in [3.05, 3.63) is 47.8 Å². The van der Waals surface area contributed by atoms with Crippen LogP contribution in [0.5, 0.6) is 5.75 Å². The lowest BCUT2D eigenvalue weighted by Gasteiger charge is -2.16. The Hall–Kier alpha value is -2.30. The molecule has 2 rings (SSSR count). The van der Waals surface area contributed by atoms with Gasteiger partial charge in [-0.25, -0.2) is 0 Å². The summed E-state index contributed by atoms with van der Waals surface area (Å²) in [5.41, 5.74) is 1.42. The Morgan fingerprint density at radius 3 is 2.75 bits per heavy atom. The summed E-state index contributed by atoms with van der Waals surface area (Å²) in [5.74, 6) is 0.836. The molecule has 20 heavy (non-hydrogen) atoms. The average Bonchev–Trinajstić information content (AvgIpc) is 2.90. The molecule has 0 radical (unpaired) electrons. The molecule has 1 heterocycles. The molecule has 1 N–H and O–H groups in total. The summed E-state index contributed by atoms with van der Waals surface area (Å²) in [6.45, 7) is 3.08. The fourth-order valence-corrected chi connectivity index (χ4v) is 1.88. The van der Waals surface area contributed by atoms with E-state index >= 15 is 0 Å². The number of benzene rings is 1. The third-order valence-corrected chi connectivity index (χ3v) is 3.06. The van der Waals surface area contributed by atoms with Gasteiger partial charge in [0.1, 0.15) is 5.75 Å². The summed E-state index contributed by atoms with van der Waals surface area (Å²) in [4.78, 5) is 13.8. The van der Waals surface area contributed by atoms with Gasteiger partial charge in [-0.05, 0) is 25.5 Å². The van der Waals surface area contributed by atoms with Gasteiger partial charge < -0.3 is 9.64 Å². The molecule has 1 amide bonds. The van der Waals surface area contributed by atoms with E-state index in [9.17, 15) is 4.79 Å². The quantitative estimate of drug-likeness (QED) is 0.821. The fraction of sp³-hybridized carbons (Fsp3) is 0.333. The zero-order valence-corrected chi connectivity index (χ0v) is 11.8. The number of aryl methyl sites for hydroxylation is 1. The van der Waals surface area contributed by atoms with Gasteiger partial charge in [-0.2, -0.15) is 5.10 Å². The van der Waals surface area contributed by atoms with Crippen LogP contribution in [0.4, 0.5) is 0 Å². The molecule has 0 saturated carbocycles. The van der Waals surface area contributed by atoms with Crippen molar-refractivity contribution in [2.75, 3.05) is 20.2 Å². The van der Waals surface area contributed by atoms with Crippen LogP contribution in [-0.2, 0) is 0 Å². The van der Waals surface area contributed by atoms with Crippen LogP contribution >= 0.6 is 0 Å². The van der Waals surface area contributed by atoms with E-state index in [2.05, 4.69) is 10.2 Å². The highest BCUT2D eigenvalue weighted by molar-refractivity contribution is 5.94. The Bertz CT molecular complexity index is 551. The molecule has 0 aliphatic rings. The summed E-state index contributed by atoms with van der Waals surface area (Å²) in [5, 5.41) is 6.64. The Morgan fingerprint density at radius 2 is 2.10 bits per heavy atom. The molecule has 0 atom stereocenters. The van der Waals surface area contributed by atoms with E-state index in [1.165, 1.54) is 0 Å². The van der Waals surface area contributed by atoms with Crippen LogP contribution < -0.4 is 4.74 Å². The van der Waals surface area contributed by atoms with E-state index in [1.807, 2.05) is 37.3 Å². The number of H-pyrrole nitrogens is 1. The number of hydrogen-bond donors (Lipinski definition) is 1. The number of carbonyl (C=O) groups excluding carboxylic acids is 1. The Morgan fingerprint density at radius 1 is 1.35 bits per heavy atom. The molecular weight excluding hydrogens is 254 g/mol. The van der Waals surface area contributed by atoms with Crippen molar-refractivity contribution in [2.24, 2.45) is 0 Å². The zero-order chi connectivity index (χ0) is 14.4. The maximum atomic E-state index is 12.1. The molecule has 1 aromatic heterocycles. The zero-order valence-electron chi connectivity index (χ0n) is 11.8. The third kappa shape index (κ3) is 3.60. The van der Waals surface area contributed by atoms with Crippen LogP contribution in [-0.4, -0.2) is 41.2 Å². The standard InChI is InChI=1S/C15H19N3O2/c1-12-14(11-16-17-12)15(19)18(2)9-6-10-20-13-7-4-3-5-8-13/h3-5,7-8,11H,6,9-10H2,1-2H3,(H,16,17). The first-order valence-corrected chi connectivity index (χ1v) is 6.62. The van der Waals surface area contributed by atoms with Gasteiger partial charge in [-0.1, -0.05) is 18.2 Å². The van der Waals surface area contributed by atoms with Crippen LogP contribution in [0, 0.1) is 6.92 Å². The lowest BCUT2D eigenvalue weighted by molar-refractivity contribution is 0.0787. The molecule has 0 aliphatic carbocycles. The summed E-state index contributed by atoms with van der Waals surface area (Å²) in [6, 6.07) is 9.67. The van der Waals surface area contributed by atoms with Crippen molar-refractivity contribution < 1.29 is 9.53 Å². The minimum absolute atomic E-state index is 0.0176. The van der Waals surface area contributed by atoms with Crippen LogP contribution in [0.2, 0.25) is 0 Å². The molecule has 2 aromatic rings. The van der Waals surface area contributed by atoms with E-state index in [0.29, 0.717) is 18.7 Å². The minimum Gasteiger partial charge on any atom is -0.494 e. The molecule has 0 spiro atoms. The summed E-state index contributed by atoms with van der Waals surface area (Å²) >= 11 is 0. The smallest absolute Gasteiger partial charge is 0.257 e. The number of nitrogens with zero attached hydrogens (tertiary/aromatic N) is 2. The van der Waals surface area contributed by atoms with Crippen molar-refractivity contribution in [3.63, 3.8) is 0 Å². The Labute approximate surface area is 118 Å². The molecule has 5 nitrogen and oxygen atoms in total. The average molecular weight is 273 g/mol. The number of rotatable bonds is 6. The van der Waals surface area contributed by atoms with Gasteiger partial charge in [-0.3, -0.25) is 9.89 Å². The maximum Gasteiger partial charge on any atom is 0.257 e. The van der Waals surface area contributed by atoms with Crippen molar-refractivity contribution in [2.45, 2.75) is 13.3 Å². The first-order chi connectivity index (χ1) is 9.68. The van der Waals surface area contributed by atoms with Crippen molar-refractivity contribution >= 4 is 5.91 Å². The monoisotopic (exact) mass is 273 g/mol. The van der Waals surface area contributed by atoms with E-state index in [0.717, 1.165) is 17.9 Å². The van der Waals surface area contributed by atoms with Crippen LogP contribution in [0.3, 0.4) is 0 Å². The van der Waals surface area contributed by atoms with Gasteiger partial charge in [0.15, 0.2) is 0 Å². The highest BCUT2D eigenvalue weighted by Gasteiger charge is 2.15. The number of aromatic nitrogens is 2. The van der Waals surface area contributed by atoms with Gasteiger partial charge >= 0.3 is 0 Å². The predicted molar refractivity (Wildman–Crippen MR) is 76.8 cm³/mol. The number of hydrogen-bond acceptors (Lipinski definition) is 3. The second kappa shape index (κ2) is 6.75. The van der Waals surface area contributed by atoms with E-state index < -0.39 is 0 Å². The highest BCUT2D eigenvalue weighted by Crippen LogP contribution is 2.09. The van der Waals surface area contributed by atoms with Crippen LogP contribution in [0.15, 0.2) is 36.5 Å². The molecular formula is C15H19N3O2. The predicted octanol–water partition coefficient (Wildman–Crippen LogP) is 2.26. The molecule has 0 aliphatic heterocycles. The highest BCUT2D eigenvalue weighted by atomic mass is 16.5. The summed E-state index contributed by atoms with van der Waals surface area (Å²) in [7, 11) is 1.79. The Kier molecular flexibility index (Phi) is 4.76. The first kappa shape index (κ1) is 14.1. The second-order valence-corrected chi connectivity index (χ2v) is 4.65. The molecule has 0 bridgehead atoms. The summed E-state index contributed by atoms with van der Waals surface area (Å²) < 4.78 is 5.59. The number of nitrogens with one attached hydrogen (secondary N) is 1. The number of ether oxygens (including phenoxy) is 1. The lowest BCUT2D eigenvalue weighted by atomic mass is 10.2. The summed E-state index contributed by atoms with van der Waals surface area (Å²) in [6.07, 6.45) is 2.35. The topological polar surface area (TPSA) is 58.2 Å². The normalized spacial score (nSPS) is 10.3. The number of aromatic amines is 1. The minimum atomic E-state index is -0.0176. The third-order valence-electron chi connectivity index (χ3n) is 3.06. The first-order valence-electron chi connectivity index (χ1n) is 6.62. The van der Waals surface area contributed by atoms with E-state index in [1.54, 1.807) is 18.1 Å². The second-order valence-electron chi connectivity index (χ2n) is 4.65. The van der Waals surface area contributed by atoms with Crippen LogP contribution in [0.25, 0.3) is 0 Å². The van der Waals surface area contributed by atoms with E-state index in [-0.39, 0.29) is 5.91 Å². The van der Waals surface area contributed by atoms with Crippen LogP contribution in [0.1, 0.15) is 22.5 Å². The Balaban J connectivity index is 1.74. The molecule has 106 valence electrons.